The van der Waals surface area contributed by atoms with Gasteiger partial charge in [0.25, 0.3) is 0 Å². The molecule has 0 aliphatic heterocycles. The lowest BCUT2D eigenvalue weighted by atomic mass is 9.52. The first-order chi connectivity index (χ1) is 17.4. The maximum Gasteiger partial charge on any atom is 0.192 e. The van der Waals surface area contributed by atoms with Crippen LogP contribution in [0.3, 0.4) is 0 Å². The molecule has 3 aliphatic carbocycles. The van der Waals surface area contributed by atoms with E-state index in [1.54, 1.807) is 0 Å². The number of rotatable bonds is 7. The van der Waals surface area contributed by atoms with Gasteiger partial charge in [0.2, 0.25) is 0 Å². The van der Waals surface area contributed by atoms with Gasteiger partial charge in [0.05, 0.1) is 6.10 Å². The smallest absolute Gasteiger partial charge is 0.192 e. The van der Waals surface area contributed by atoms with Crippen LogP contribution in [0.25, 0.3) is 0 Å². The molecule has 0 saturated heterocycles. The lowest BCUT2D eigenvalue weighted by molar-refractivity contribution is -0.0949. The van der Waals surface area contributed by atoms with E-state index >= 15 is 0 Å². The molecule has 0 radical (unpaired) electrons. The van der Waals surface area contributed by atoms with Gasteiger partial charge in [-0.05, 0) is 136 Å². The van der Waals surface area contributed by atoms with Crippen LogP contribution >= 0.6 is 0 Å². The van der Waals surface area contributed by atoms with Crippen LogP contribution in [-0.4, -0.2) is 40.6 Å². The first-order valence-corrected chi connectivity index (χ1v) is 22.7. The largest absolute Gasteiger partial charge is 0.414 e. The summed E-state index contributed by atoms with van der Waals surface area (Å²) in [5.41, 5.74) is 0.348. The van der Waals surface area contributed by atoms with E-state index < -0.39 is 16.6 Å². The molecule has 10 atom stereocenters. The normalized spacial score (nSPS) is 40.3. The summed E-state index contributed by atoms with van der Waals surface area (Å²) in [4.78, 5) is 0. The van der Waals surface area contributed by atoms with Crippen LogP contribution in [0.4, 0.5) is 0 Å². The third-order valence-corrected chi connectivity index (χ3v) is 17.6. The van der Waals surface area contributed by atoms with Crippen LogP contribution in [0, 0.1) is 46.8 Å². The summed E-state index contributed by atoms with van der Waals surface area (Å²) in [7, 11) is -3.53. The number of aliphatic hydroxyl groups is 1. The van der Waals surface area contributed by atoms with Crippen molar-refractivity contribution in [1.29, 1.82) is 0 Å². The second kappa shape index (κ2) is 12.3. The molecule has 3 rings (SSSR count). The maximum absolute atomic E-state index is 10.1. The second-order valence-corrected chi connectivity index (χ2v) is 25.9. The van der Waals surface area contributed by atoms with Gasteiger partial charge in [0, 0.05) is 12.7 Å². The minimum Gasteiger partial charge on any atom is -0.414 e. The Hall–Kier alpha value is 0.314. The zero-order valence-corrected chi connectivity index (χ0v) is 29.5. The van der Waals surface area contributed by atoms with E-state index in [0.29, 0.717) is 53.8 Å². The summed E-state index contributed by atoms with van der Waals surface area (Å²) in [6.45, 7) is 29.5. The van der Waals surface area contributed by atoms with Crippen LogP contribution in [0.15, 0.2) is 0 Å². The molecule has 0 bridgehead atoms. The van der Waals surface area contributed by atoms with E-state index in [1.807, 2.05) is 0 Å². The molecule has 3 saturated carbocycles. The van der Waals surface area contributed by atoms with Crippen molar-refractivity contribution < 1.29 is 14.0 Å². The average Bonchev–Trinajstić information content (AvgIpc) is 3.15. The second-order valence-electron chi connectivity index (χ2n) is 16.7. The number of aliphatic hydroxyl groups excluding tert-OH is 1. The lowest BCUT2D eigenvalue weighted by Gasteiger charge is -2.55. The van der Waals surface area contributed by atoms with Crippen LogP contribution in [0.2, 0.25) is 37.8 Å². The zero-order valence-electron chi connectivity index (χ0n) is 27.5. The molecule has 1 N–H and O–H groups in total. The molecular formula is C33H66O3Si2. The highest BCUT2D eigenvalue weighted by atomic mass is 28.4. The molecule has 5 heteroatoms. The molecule has 0 aromatic heterocycles. The van der Waals surface area contributed by atoms with Gasteiger partial charge in [-0.1, -0.05) is 54.9 Å². The van der Waals surface area contributed by atoms with Gasteiger partial charge in [0.1, 0.15) is 0 Å². The molecule has 3 aliphatic rings. The van der Waals surface area contributed by atoms with Gasteiger partial charge >= 0.3 is 0 Å². The highest BCUT2D eigenvalue weighted by molar-refractivity contribution is 6.74. The fraction of sp³-hybridized carbons (Fsp3) is 1.00. The van der Waals surface area contributed by atoms with Crippen LogP contribution in [-0.2, 0) is 8.85 Å². The van der Waals surface area contributed by atoms with E-state index in [2.05, 4.69) is 81.2 Å². The summed E-state index contributed by atoms with van der Waals surface area (Å²) >= 11 is 0. The Bertz CT molecular complexity index is 756. The highest BCUT2D eigenvalue weighted by Gasteiger charge is 2.58. The Morgan fingerprint density at radius 3 is 2.11 bits per heavy atom. The monoisotopic (exact) mass is 566 g/mol. The molecule has 0 amide bonds. The van der Waals surface area contributed by atoms with E-state index in [1.165, 1.54) is 57.8 Å². The Balaban J connectivity index is 1.98. The Labute approximate surface area is 239 Å². The van der Waals surface area contributed by atoms with Gasteiger partial charge in [-0.3, -0.25) is 0 Å². The molecular weight excluding hydrogens is 501 g/mol. The van der Waals surface area contributed by atoms with E-state index in [0.717, 1.165) is 11.8 Å². The van der Waals surface area contributed by atoms with E-state index in [9.17, 15) is 5.11 Å². The van der Waals surface area contributed by atoms with Crippen molar-refractivity contribution in [2.24, 2.45) is 46.8 Å². The molecule has 0 aromatic carbocycles. The Morgan fingerprint density at radius 1 is 0.921 bits per heavy atom. The number of fused-ring (bicyclic) bond motifs is 3. The Morgan fingerprint density at radius 2 is 1.55 bits per heavy atom. The molecule has 0 heterocycles. The highest BCUT2D eigenvalue weighted by Crippen LogP contribution is 2.63. The van der Waals surface area contributed by atoms with Crippen molar-refractivity contribution in [3.05, 3.63) is 0 Å². The first kappa shape index (κ1) is 32.8. The van der Waals surface area contributed by atoms with Crippen molar-refractivity contribution in [2.75, 3.05) is 6.61 Å². The molecule has 0 aromatic rings. The standard InChI is InChI=1S/C33H66O3Si2/c1-13-25-15-17-26(35-38(11,12)32(4,5)6)16-14-23(2)27-20-21-33(7)28(24(3)22-34)18-19-29(33)30(27)31(25)36-37(8,9)10/h23-31,34H,13-22H2,1-12H3/t23?,24-,25-,26?,27-,28?,29+,30-,31?,33?/m1/s1. The molecule has 3 fully saturated rings. The molecule has 3 nitrogen and oxygen atoms in total. The van der Waals surface area contributed by atoms with Crippen molar-refractivity contribution in [3.8, 4) is 0 Å². The number of hydrogen-bond acceptors (Lipinski definition) is 3. The summed E-state index contributed by atoms with van der Waals surface area (Å²) in [5.74, 6) is 4.53. The summed E-state index contributed by atoms with van der Waals surface area (Å²) < 4.78 is 14.5. The topological polar surface area (TPSA) is 38.7 Å². The fourth-order valence-corrected chi connectivity index (χ4v) is 11.5. The molecule has 0 spiro atoms. The third kappa shape index (κ3) is 7.02. The molecule has 224 valence electrons. The van der Waals surface area contributed by atoms with Gasteiger partial charge in [-0.25, -0.2) is 0 Å². The predicted octanol–water partition coefficient (Wildman–Crippen LogP) is 9.52. The molecule has 38 heavy (non-hydrogen) atoms. The van der Waals surface area contributed by atoms with Crippen molar-refractivity contribution in [2.45, 2.75) is 156 Å². The fourth-order valence-electron chi connectivity index (χ4n) is 8.88. The van der Waals surface area contributed by atoms with Crippen molar-refractivity contribution in [1.82, 2.24) is 0 Å². The zero-order chi connectivity index (χ0) is 28.7. The van der Waals surface area contributed by atoms with Crippen LogP contribution in [0.1, 0.15) is 106 Å². The van der Waals surface area contributed by atoms with Crippen molar-refractivity contribution >= 4 is 16.6 Å². The minimum atomic E-state index is -1.80. The Kier molecular flexibility index (Phi) is 10.6. The van der Waals surface area contributed by atoms with E-state index in [-0.39, 0.29) is 5.04 Å². The summed E-state index contributed by atoms with van der Waals surface area (Å²) in [6.07, 6.45) is 12.2. The van der Waals surface area contributed by atoms with Gasteiger partial charge in [-0.15, -0.1) is 0 Å². The summed E-state index contributed by atoms with van der Waals surface area (Å²) in [5, 5.41) is 10.4. The van der Waals surface area contributed by atoms with Crippen molar-refractivity contribution in [3.63, 3.8) is 0 Å². The molecule has 5 unspecified atom stereocenters. The van der Waals surface area contributed by atoms with Gasteiger partial charge in [0.15, 0.2) is 16.6 Å². The maximum atomic E-state index is 10.1. The van der Waals surface area contributed by atoms with Gasteiger partial charge in [-0.2, -0.15) is 0 Å². The average molecular weight is 567 g/mol. The number of hydrogen-bond donors (Lipinski definition) is 1. The van der Waals surface area contributed by atoms with Gasteiger partial charge < -0.3 is 14.0 Å². The minimum absolute atomic E-state index is 0.255. The summed E-state index contributed by atoms with van der Waals surface area (Å²) in [6, 6.07) is 0. The van der Waals surface area contributed by atoms with Crippen LogP contribution in [0.5, 0.6) is 0 Å². The third-order valence-electron chi connectivity index (χ3n) is 12.1. The first-order valence-electron chi connectivity index (χ1n) is 16.4. The SMILES string of the molecule is CC[C@@H]1CCC(O[Si](C)(C)C(C)(C)C)CCC(C)[C@H]2CCC3(C)C([C@H](C)CO)CC[C@H]3[C@@H]2C1O[Si](C)(C)C. The quantitative estimate of drug-likeness (QED) is 0.312. The van der Waals surface area contributed by atoms with E-state index in [4.69, 9.17) is 8.85 Å². The predicted molar refractivity (Wildman–Crippen MR) is 168 cm³/mol. The lowest BCUT2D eigenvalue weighted by Crippen LogP contribution is -2.53. The van der Waals surface area contributed by atoms with Crippen LogP contribution < -0.4 is 0 Å².